The number of aromatic nitrogens is 2. The van der Waals surface area contributed by atoms with Gasteiger partial charge in [-0.25, -0.2) is 4.68 Å². The number of nitro benzene ring substituents is 1. The molecule has 1 fully saturated rings. The van der Waals surface area contributed by atoms with Crippen LogP contribution < -0.4 is 5.32 Å². The van der Waals surface area contributed by atoms with E-state index in [9.17, 15) is 14.9 Å². The average molecular weight is 435 g/mol. The van der Waals surface area contributed by atoms with E-state index in [0.29, 0.717) is 11.4 Å². The third-order valence-corrected chi connectivity index (χ3v) is 5.66. The SMILES string of the molecule is CCN1CCN(Cc2ccc(NC(=O)c3ccn(-c4cccc([N+](=O)[O-])c4)n3)cc2)CC1. The van der Waals surface area contributed by atoms with Crippen LogP contribution in [0.2, 0.25) is 0 Å². The van der Waals surface area contributed by atoms with Crippen LogP contribution in [0.15, 0.2) is 60.8 Å². The molecule has 9 nitrogen and oxygen atoms in total. The highest BCUT2D eigenvalue weighted by Crippen LogP contribution is 2.17. The first-order valence-corrected chi connectivity index (χ1v) is 10.7. The van der Waals surface area contributed by atoms with Crippen LogP contribution in [0.5, 0.6) is 0 Å². The predicted molar refractivity (Wildman–Crippen MR) is 122 cm³/mol. The fraction of sp³-hybridized carbons (Fsp3) is 0.304. The molecule has 166 valence electrons. The molecule has 0 bridgehead atoms. The second-order valence-corrected chi connectivity index (χ2v) is 7.78. The number of nitro groups is 1. The summed E-state index contributed by atoms with van der Waals surface area (Å²) in [6, 6.07) is 15.5. The molecule has 1 N–H and O–H groups in total. The monoisotopic (exact) mass is 434 g/mol. The number of nitrogens with zero attached hydrogens (tertiary/aromatic N) is 5. The number of rotatable bonds is 7. The van der Waals surface area contributed by atoms with Crippen molar-refractivity contribution in [2.24, 2.45) is 0 Å². The highest BCUT2D eigenvalue weighted by atomic mass is 16.6. The van der Waals surface area contributed by atoms with Crippen molar-refractivity contribution in [1.29, 1.82) is 0 Å². The fourth-order valence-electron chi connectivity index (χ4n) is 3.75. The minimum Gasteiger partial charge on any atom is -0.321 e. The van der Waals surface area contributed by atoms with Gasteiger partial charge in [-0.1, -0.05) is 25.1 Å². The Kier molecular flexibility index (Phi) is 6.58. The molecular formula is C23H26N6O3. The van der Waals surface area contributed by atoms with Crippen molar-refractivity contribution in [3.63, 3.8) is 0 Å². The molecule has 1 amide bonds. The summed E-state index contributed by atoms with van der Waals surface area (Å²) in [5.41, 5.74) is 2.62. The zero-order valence-corrected chi connectivity index (χ0v) is 18.0. The molecule has 32 heavy (non-hydrogen) atoms. The molecule has 0 spiro atoms. The molecule has 0 saturated carbocycles. The molecule has 1 aliphatic heterocycles. The molecule has 0 atom stereocenters. The van der Waals surface area contributed by atoms with Gasteiger partial charge in [0.05, 0.1) is 10.6 Å². The van der Waals surface area contributed by atoms with Gasteiger partial charge in [0.15, 0.2) is 5.69 Å². The van der Waals surface area contributed by atoms with Gasteiger partial charge < -0.3 is 10.2 Å². The Morgan fingerprint density at radius 3 is 2.47 bits per heavy atom. The molecule has 9 heteroatoms. The van der Waals surface area contributed by atoms with Crippen molar-refractivity contribution in [3.05, 3.63) is 82.2 Å². The summed E-state index contributed by atoms with van der Waals surface area (Å²) in [4.78, 5) is 28.0. The second kappa shape index (κ2) is 9.71. The van der Waals surface area contributed by atoms with Gasteiger partial charge in [0.25, 0.3) is 11.6 Å². The van der Waals surface area contributed by atoms with E-state index < -0.39 is 4.92 Å². The largest absolute Gasteiger partial charge is 0.321 e. The second-order valence-electron chi connectivity index (χ2n) is 7.78. The molecule has 2 heterocycles. The highest BCUT2D eigenvalue weighted by Gasteiger charge is 2.16. The van der Waals surface area contributed by atoms with E-state index in [4.69, 9.17) is 0 Å². The fourth-order valence-corrected chi connectivity index (χ4v) is 3.75. The summed E-state index contributed by atoms with van der Waals surface area (Å²) < 4.78 is 1.45. The highest BCUT2D eigenvalue weighted by molar-refractivity contribution is 6.02. The molecular weight excluding hydrogens is 408 g/mol. The number of carbonyl (C=O) groups excluding carboxylic acids is 1. The van der Waals surface area contributed by atoms with Crippen LogP contribution in [-0.2, 0) is 6.54 Å². The Hall–Kier alpha value is -3.56. The number of hydrogen-bond acceptors (Lipinski definition) is 6. The number of hydrogen-bond donors (Lipinski definition) is 1. The minimum atomic E-state index is -0.463. The molecule has 1 saturated heterocycles. The zero-order chi connectivity index (χ0) is 22.5. The quantitative estimate of drug-likeness (QED) is 0.453. The van der Waals surface area contributed by atoms with Crippen LogP contribution in [0.3, 0.4) is 0 Å². The Morgan fingerprint density at radius 1 is 1.06 bits per heavy atom. The first-order valence-electron chi connectivity index (χ1n) is 10.7. The van der Waals surface area contributed by atoms with E-state index in [2.05, 4.69) is 27.1 Å². The summed E-state index contributed by atoms with van der Waals surface area (Å²) in [5, 5.41) is 18.1. The molecule has 0 aliphatic carbocycles. The van der Waals surface area contributed by atoms with Crippen molar-refractivity contribution >= 4 is 17.3 Å². The maximum atomic E-state index is 12.6. The van der Waals surface area contributed by atoms with Crippen LogP contribution in [0, 0.1) is 10.1 Å². The number of benzene rings is 2. The molecule has 4 rings (SSSR count). The summed E-state index contributed by atoms with van der Waals surface area (Å²) in [5.74, 6) is -0.336. The number of amides is 1. The first kappa shape index (κ1) is 21.7. The Bertz CT molecular complexity index is 1090. The standard InChI is InChI=1S/C23H26N6O3/c1-2-26-12-14-27(15-13-26)17-18-6-8-19(9-7-18)24-23(30)22-10-11-28(25-22)20-4-3-5-21(16-20)29(31)32/h3-11,16H,2,12-15,17H2,1H3,(H,24,30). The average Bonchev–Trinajstić information content (AvgIpc) is 3.32. The van der Waals surface area contributed by atoms with Crippen molar-refractivity contribution in [3.8, 4) is 5.69 Å². The lowest BCUT2D eigenvalue weighted by Gasteiger charge is -2.34. The summed E-state index contributed by atoms with van der Waals surface area (Å²) in [7, 11) is 0. The van der Waals surface area contributed by atoms with Crippen LogP contribution in [-0.4, -0.2) is 63.1 Å². The van der Waals surface area contributed by atoms with E-state index >= 15 is 0 Å². The third-order valence-electron chi connectivity index (χ3n) is 5.66. The van der Waals surface area contributed by atoms with E-state index in [1.54, 1.807) is 24.4 Å². The van der Waals surface area contributed by atoms with E-state index in [1.165, 1.54) is 22.4 Å². The van der Waals surface area contributed by atoms with Gasteiger partial charge in [0.1, 0.15) is 0 Å². The topological polar surface area (TPSA) is 96.5 Å². The summed E-state index contributed by atoms with van der Waals surface area (Å²) in [6.07, 6.45) is 1.61. The van der Waals surface area contributed by atoms with E-state index in [0.717, 1.165) is 39.3 Å². The summed E-state index contributed by atoms with van der Waals surface area (Å²) in [6.45, 7) is 8.55. The predicted octanol–water partition coefficient (Wildman–Crippen LogP) is 3.17. The maximum Gasteiger partial charge on any atom is 0.276 e. The number of likely N-dealkylation sites (N-methyl/N-ethyl adjacent to an activating group) is 1. The number of piperazine rings is 1. The van der Waals surface area contributed by atoms with Gasteiger partial charge in [-0.15, -0.1) is 0 Å². The van der Waals surface area contributed by atoms with Gasteiger partial charge >= 0.3 is 0 Å². The van der Waals surface area contributed by atoms with E-state index in [1.807, 2.05) is 24.3 Å². The number of carbonyl (C=O) groups is 1. The maximum absolute atomic E-state index is 12.6. The van der Waals surface area contributed by atoms with Gasteiger partial charge in [-0.2, -0.15) is 5.10 Å². The van der Waals surface area contributed by atoms with Crippen LogP contribution in [0.25, 0.3) is 5.69 Å². The third kappa shape index (κ3) is 5.19. The summed E-state index contributed by atoms with van der Waals surface area (Å²) >= 11 is 0. The first-order chi connectivity index (χ1) is 15.5. The van der Waals surface area contributed by atoms with Crippen molar-refractivity contribution in [2.45, 2.75) is 13.5 Å². The van der Waals surface area contributed by atoms with Crippen molar-refractivity contribution < 1.29 is 9.72 Å². The lowest BCUT2D eigenvalue weighted by Crippen LogP contribution is -2.45. The van der Waals surface area contributed by atoms with Crippen LogP contribution in [0.1, 0.15) is 23.0 Å². The normalized spacial score (nSPS) is 14.9. The Labute approximate surface area is 186 Å². The van der Waals surface area contributed by atoms with E-state index in [-0.39, 0.29) is 17.3 Å². The number of nitrogens with one attached hydrogen (secondary N) is 1. The molecule has 1 aliphatic rings. The van der Waals surface area contributed by atoms with Gasteiger partial charge in [0.2, 0.25) is 0 Å². The van der Waals surface area contributed by atoms with Crippen LogP contribution >= 0.6 is 0 Å². The molecule has 1 aromatic heterocycles. The zero-order valence-electron chi connectivity index (χ0n) is 18.0. The lowest BCUT2D eigenvalue weighted by atomic mass is 10.1. The van der Waals surface area contributed by atoms with Gasteiger partial charge in [-0.05, 0) is 36.4 Å². The van der Waals surface area contributed by atoms with Crippen molar-refractivity contribution in [2.75, 3.05) is 38.0 Å². The Morgan fingerprint density at radius 2 is 1.78 bits per heavy atom. The Balaban J connectivity index is 1.35. The molecule has 0 unspecified atom stereocenters. The van der Waals surface area contributed by atoms with Gasteiger partial charge in [0, 0.05) is 56.7 Å². The number of non-ortho nitro benzene ring substituents is 1. The molecule has 3 aromatic rings. The van der Waals surface area contributed by atoms with Crippen molar-refractivity contribution in [1.82, 2.24) is 19.6 Å². The van der Waals surface area contributed by atoms with Crippen LogP contribution in [0.4, 0.5) is 11.4 Å². The molecule has 0 radical (unpaired) electrons. The molecule has 2 aromatic carbocycles. The lowest BCUT2D eigenvalue weighted by molar-refractivity contribution is -0.384. The smallest absolute Gasteiger partial charge is 0.276 e. The minimum absolute atomic E-state index is 0.0312. The van der Waals surface area contributed by atoms with Gasteiger partial charge in [-0.3, -0.25) is 19.8 Å². The number of anilines is 1.